The average molecular weight is 913 g/mol. The van der Waals surface area contributed by atoms with Crippen LogP contribution in [0.25, 0.3) is 0 Å². The highest BCUT2D eigenvalue weighted by molar-refractivity contribution is 5.45. The van der Waals surface area contributed by atoms with Gasteiger partial charge in [0.05, 0.1) is 59.4 Å². The van der Waals surface area contributed by atoms with E-state index in [1.807, 2.05) is 13.8 Å². The van der Waals surface area contributed by atoms with Crippen molar-refractivity contribution < 1.29 is 49.6 Å². The van der Waals surface area contributed by atoms with E-state index >= 15 is 0 Å². The van der Waals surface area contributed by atoms with Crippen LogP contribution < -0.4 is 0 Å². The van der Waals surface area contributed by atoms with Crippen LogP contribution in [0.3, 0.4) is 0 Å². The van der Waals surface area contributed by atoms with Crippen molar-refractivity contribution in [2.75, 3.05) is 13.2 Å². The molecular weight excluding hydrogens is 837 g/mol. The van der Waals surface area contributed by atoms with Crippen LogP contribution in [0.15, 0.2) is 23.3 Å². The molecule has 4 saturated carbocycles. The number of ether oxygens (including phenoxy) is 4. The second-order valence-corrected chi connectivity index (χ2v) is 26.3. The summed E-state index contributed by atoms with van der Waals surface area (Å²) < 4.78 is 26.1. The van der Waals surface area contributed by atoms with Gasteiger partial charge in [-0.05, 0) is 137 Å². The maximum atomic E-state index is 12.9. The van der Waals surface area contributed by atoms with Crippen molar-refractivity contribution in [1.82, 2.24) is 9.97 Å². The molecule has 2 spiro atoms. The van der Waals surface area contributed by atoms with Crippen molar-refractivity contribution in [2.24, 2.45) is 69.0 Å². The molecule has 5 heterocycles. The average Bonchev–Trinajstić information content (AvgIpc) is 3.81. The zero-order valence-corrected chi connectivity index (χ0v) is 40.6. The van der Waals surface area contributed by atoms with Crippen molar-refractivity contribution in [1.29, 1.82) is 0 Å². The first-order chi connectivity index (χ1) is 30.9. The number of rotatable bonds is 0. The van der Waals surface area contributed by atoms with Gasteiger partial charge in [-0.3, -0.25) is 9.97 Å². The topological polar surface area (TPSA) is 184 Å². The molecule has 8 aliphatic carbocycles. The largest absolute Gasteiger partial charge is 0.392 e. The van der Waals surface area contributed by atoms with E-state index in [-0.39, 0.29) is 59.6 Å². The van der Waals surface area contributed by atoms with Crippen molar-refractivity contribution in [3.05, 3.63) is 46.1 Å². The van der Waals surface area contributed by atoms with Gasteiger partial charge >= 0.3 is 0 Å². The first-order valence-corrected chi connectivity index (χ1v) is 26.1. The van der Waals surface area contributed by atoms with Crippen LogP contribution in [0.2, 0.25) is 0 Å². The maximum Gasteiger partial charge on any atom is 0.174 e. The van der Waals surface area contributed by atoms with Gasteiger partial charge in [-0.1, -0.05) is 64.8 Å². The van der Waals surface area contributed by atoms with E-state index in [4.69, 9.17) is 28.9 Å². The molecule has 66 heavy (non-hydrogen) atoms. The monoisotopic (exact) mass is 913 g/mol. The number of nitrogens with zero attached hydrogens (tertiary/aromatic N) is 2. The third-order valence-electron chi connectivity index (χ3n) is 23.4. The Labute approximate surface area is 390 Å². The summed E-state index contributed by atoms with van der Waals surface area (Å²) in [7, 11) is 0. The summed E-state index contributed by atoms with van der Waals surface area (Å²) in [5.41, 5.74) is 0.492. The molecule has 0 radical (unpaired) electrons. The Balaban J connectivity index is 0.765. The molecule has 12 aliphatic rings. The van der Waals surface area contributed by atoms with Crippen molar-refractivity contribution in [3.63, 3.8) is 0 Å². The Kier molecular flexibility index (Phi) is 8.80. The number of aromatic nitrogens is 2. The van der Waals surface area contributed by atoms with Gasteiger partial charge in [0.1, 0.15) is 23.4 Å². The van der Waals surface area contributed by atoms with Gasteiger partial charge in [0.2, 0.25) is 0 Å². The van der Waals surface area contributed by atoms with E-state index in [0.29, 0.717) is 50.4 Å². The number of aliphatic hydroxyl groups excluding tert-OH is 2. The summed E-state index contributed by atoms with van der Waals surface area (Å²) in [5.74, 6) is -0.993. The molecule has 6 N–H and O–H groups in total. The molecule has 0 unspecified atom stereocenters. The van der Waals surface area contributed by atoms with Gasteiger partial charge < -0.3 is 49.6 Å². The van der Waals surface area contributed by atoms with E-state index in [1.54, 1.807) is 13.8 Å². The molecule has 8 fully saturated rings. The van der Waals surface area contributed by atoms with Crippen LogP contribution in [0.1, 0.15) is 142 Å². The molecule has 4 aliphatic heterocycles. The number of fused-ring (bicyclic) bond motifs is 16. The summed E-state index contributed by atoms with van der Waals surface area (Å²) in [5, 5.41) is 72.1. The Morgan fingerprint density at radius 1 is 0.545 bits per heavy atom. The second kappa shape index (κ2) is 13.2. The number of hydrogen-bond donors (Lipinski definition) is 6. The summed E-state index contributed by atoms with van der Waals surface area (Å²) in [6.07, 6.45) is 12.6. The highest BCUT2D eigenvalue weighted by Crippen LogP contribution is 2.73. The van der Waals surface area contributed by atoms with Crippen LogP contribution in [-0.4, -0.2) is 112 Å². The van der Waals surface area contributed by atoms with E-state index in [1.165, 1.54) is 11.1 Å². The fraction of sp³-hybridized carbons (Fsp3) is 0.852. The summed E-state index contributed by atoms with van der Waals surface area (Å²) in [4.78, 5) is 11.2. The Morgan fingerprint density at radius 3 is 1.30 bits per heavy atom. The molecule has 12 nitrogen and oxygen atoms in total. The van der Waals surface area contributed by atoms with Crippen LogP contribution in [0.4, 0.5) is 0 Å². The van der Waals surface area contributed by atoms with Crippen LogP contribution in [0.5, 0.6) is 0 Å². The standard InChI is InChI=1S/C54H76N2O10/c1-27-51(15-13-45(3,59)25-63-51)65-43-21-35-31-11-9-29-17-37-39(23-47(29,5)33(31)19-41(57)49(35,7)53(27,43)61)55-38-18-30-10-12-32-34(48(30,6)24-40(38)56-37)20-42(58)50(8)36(32)22-44-54(50,62)28(2)52(66-44)16-14-46(4,60)26-64-52/h21-22,27-34,41-44,57-62H,9-20,23-26H2,1-8H3/t27-,28-,29+,30+,31-,32-,33+,34+,41-,42-,43+,44+,45-,46+,47+,48+,49-,50-,51-,52-,53-,54-/m1/s1. The Hall–Kier alpha value is -1.84. The molecule has 362 valence electrons. The van der Waals surface area contributed by atoms with Crippen LogP contribution in [-0.2, 0) is 44.6 Å². The number of hydrogen-bond acceptors (Lipinski definition) is 12. The zero-order valence-electron chi connectivity index (χ0n) is 40.6. The van der Waals surface area contributed by atoms with Gasteiger partial charge in [0.25, 0.3) is 0 Å². The van der Waals surface area contributed by atoms with Gasteiger partial charge in [-0.15, -0.1) is 0 Å². The lowest BCUT2D eigenvalue weighted by Crippen LogP contribution is -2.65. The van der Waals surface area contributed by atoms with Gasteiger partial charge in [0.15, 0.2) is 11.6 Å². The fourth-order valence-corrected chi connectivity index (χ4v) is 19.0. The Bertz CT molecular complexity index is 2170. The molecular formula is C54H76N2O10. The smallest absolute Gasteiger partial charge is 0.174 e. The quantitative estimate of drug-likeness (QED) is 0.182. The highest BCUT2D eigenvalue weighted by Gasteiger charge is 2.78. The first kappa shape index (κ1) is 44.1. The lowest BCUT2D eigenvalue weighted by molar-refractivity contribution is -0.289. The highest BCUT2D eigenvalue weighted by atomic mass is 16.7. The third kappa shape index (κ3) is 5.07. The molecule has 22 atom stereocenters. The molecule has 4 saturated heterocycles. The zero-order chi connectivity index (χ0) is 46.4. The van der Waals surface area contributed by atoms with Crippen molar-refractivity contribution in [3.8, 4) is 0 Å². The summed E-state index contributed by atoms with van der Waals surface area (Å²) in [6, 6.07) is 0. The molecule has 1 aromatic heterocycles. The lowest BCUT2D eigenvalue weighted by Gasteiger charge is -2.62. The molecule has 0 amide bonds. The fourth-order valence-electron chi connectivity index (χ4n) is 19.0. The van der Waals surface area contributed by atoms with E-state index in [9.17, 15) is 30.6 Å². The summed E-state index contributed by atoms with van der Waals surface area (Å²) in [6.45, 7) is 17.0. The predicted octanol–water partition coefficient (Wildman–Crippen LogP) is 5.44. The minimum Gasteiger partial charge on any atom is -0.392 e. The Morgan fingerprint density at radius 2 is 0.939 bits per heavy atom. The second-order valence-electron chi connectivity index (χ2n) is 26.3. The normalized spacial score (nSPS) is 59.5. The van der Waals surface area contributed by atoms with Crippen LogP contribution in [0, 0.1) is 69.0 Å². The van der Waals surface area contributed by atoms with Crippen molar-refractivity contribution in [2.45, 2.75) is 204 Å². The van der Waals surface area contributed by atoms with Gasteiger partial charge in [-0.25, -0.2) is 0 Å². The van der Waals surface area contributed by atoms with E-state index in [2.05, 4.69) is 39.8 Å². The molecule has 0 aromatic carbocycles. The maximum absolute atomic E-state index is 12.9. The van der Waals surface area contributed by atoms with Crippen LogP contribution >= 0.6 is 0 Å². The first-order valence-electron chi connectivity index (χ1n) is 26.1. The molecule has 12 heteroatoms. The molecule has 1 aromatic rings. The third-order valence-corrected chi connectivity index (χ3v) is 23.4. The SMILES string of the molecule is C[C@@H]1[C@@]2(CC[C@](C)(O)CO2)O[C@H]2C=C3[C@@H]4CC[C@H]5Cc6nc7c(nc6C[C@]5(C)[C@H]4C[C@@H](O)[C@]3(C)[C@]21O)C[C@@H]1CC[C@H]2C3=C[C@@H]4O[C@]5(CC[C@@](C)(O)CO5)[C@@H](C)[C@]4(O)[C@@]3(C)[C@H](O)C[C@@H]2[C@@]1(C)C7. The number of aliphatic hydroxyl groups is 6. The molecule has 13 rings (SSSR count). The summed E-state index contributed by atoms with van der Waals surface area (Å²) >= 11 is 0. The van der Waals surface area contributed by atoms with E-state index < -0.39 is 69.2 Å². The minimum atomic E-state index is -1.32. The van der Waals surface area contributed by atoms with Crippen molar-refractivity contribution >= 4 is 0 Å². The minimum absolute atomic E-state index is 0.0824. The van der Waals surface area contributed by atoms with E-state index in [0.717, 1.165) is 74.1 Å². The predicted molar refractivity (Wildman–Crippen MR) is 241 cm³/mol. The van der Waals surface area contributed by atoms with Gasteiger partial charge in [0, 0.05) is 35.5 Å². The van der Waals surface area contributed by atoms with Gasteiger partial charge in [-0.2, -0.15) is 0 Å². The molecule has 0 bridgehead atoms. The lowest BCUT2D eigenvalue weighted by atomic mass is 9.44.